The number of rotatable bonds is 5. The molecule has 0 atom stereocenters. The molecule has 9 heteroatoms. The number of benzene rings is 2. The third-order valence-corrected chi connectivity index (χ3v) is 5.74. The van der Waals surface area contributed by atoms with Crippen LogP contribution in [0.5, 0.6) is 5.75 Å². The van der Waals surface area contributed by atoms with E-state index in [1.54, 1.807) is 7.05 Å². The molecule has 0 spiro atoms. The molecule has 1 aliphatic heterocycles. The quantitative estimate of drug-likeness (QED) is 0.600. The van der Waals surface area contributed by atoms with E-state index in [9.17, 15) is 4.79 Å². The molecule has 1 saturated heterocycles. The van der Waals surface area contributed by atoms with Gasteiger partial charge in [-0.3, -0.25) is 0 Å². The highest BCUT2D eigenvalue weighted by Gasteiger charge is 2.51. The van der Waals surface area contributed by atoms with Crippen molar-refractivity contribution in [2.75, 3.05) is 0 Å². The van der Waals surface area contributed by atoms with Crippen LogP contribution >= 0.6 is 0 Å². The summed E-state index contributed by atoms with van der Waals surface area (Å²) in [6.45, 7) is 8.42. The highest BCUT2D eigenvalue weighted by Crippen LogP contribution is 2.36. The van der Waals surface area contributed by atoms with E-state index >= 15 is 0 Å². The summed E-state index contributed by atoms with van der Waals surface area (Å²) in [6.07, 6.45) is 0. The van der Waals surface area contributed by atoms with E-state index in [-0.39, 0.29) is 23.5 Å². The molecular weight excluding hydrogens is 383 g/mol. The summed E-state index contributed by atoms with van der Waals surface area (Å²) >= 11 is 0. The van der Waals surface area contributed by atoms with Crippen molar-refractivity contribution in [2.24, 2.45) is 7.05 Å². The van der Waals surface area contributed by atoms with Crippen LogP contribution in [0.2, 0.25) is 0 Å². The van der Waals surface area contributed by atoms with Crippen LogP contribution in [0.4, 0.5) is 0 Å². The number of ether oxygens (including phenoxy) is 1. The molecule has 0 unspecified atom stereocenters. The van der Waals surface area contributed by atoms with Crippen LogP contribution in [0, 0.1) is 0 Å². The van der Waals surface area contributed by atoms with Gasteiger partial charge < -0.3 is 14.0 Å². The molecule has 4 rings (SSSR count). The van der Waals surface area contributed by atoms with Crippen LogP contribution in [-0.2, 0) is 23.0 Å². The standard InChI is InChI=1S/C21H25BN4O4/c1-20(2)21(3,4)30-22(29-20)16-10-12-17(13-11-16)28-14-15-8-6-7-9-18(15)26-19(27)25(5)23-24-26/h6-13H,14H2,1-5H3. The Bertz CT molecular complexity index is 1090. The number of hydrogen-bond donors (Lipinski definition) is 0. The zero-order valence-corrected chi connectivity index (χ0v) is 17.8. The largest absolute Gasteiger partial charge is 0.494 e. The Balaban J connectivity index is 1.47. The van der Waals surface area contributed by atoms with Gasteiger partial charge in [0.1, 0.15) is 12.4 Å². The average Bonchev–Trinajstić information content (AvgIpc) is 3.15. The van der Waals surface area contributed by atoms with Crippen LogP contribution in [0.3, 0.4) is 0 Å². The van der Waals surface area contributed by atoms with Crippen molar-refractivity contribution in [2.45, 2.75) is 45.5 Å². The third-order valence-electron chi connectivity index (χ3n) is 5.74. The Morgan fingerprint density at radius 3 is 2.20 bits per heavy atom. The molecule has 2 heterocycles. The normalized spacial score (nSPS) is 17.3. The van der Waals surface area contributed by atoms with E-state index in [0.717, 1.165) is 11.0 Å². The number of para-hydroxylation sites is 1. The Kier molecular flexibility index (Phi) is 5.03. The summed E-state index contributed by atoms with van der Waals surface area (Å²) in [4.78, 5) is 12.2. The predicted molar refractivity (Wildman–Crippen MR) is 113 cm³/mol. The van der Waals surface area contributed by atoms with E-state index in [0.29, 0.717) is 11.4 Å². The van der Waals surface area contributed by atoms with Crippen molar-refractivity contribution in [1.29, 1.82) is 0 Å². The fraction of sp³-hybridized carbons (Fsp3) is 0.381. The fourth-order valence-corrected chi connectivity index (χ4v) is 3.17. The second-order valence-electron chi connectivity index (χ2n) is 8.37. The van der Waals surface area contributed by atoms with Crippen molar-refractivity contribution in [3.05, 3.63) is 64.6 Å². The van der Waals surface area contributed by atoms with Gasteiger partial charge in [-0.1, -0.05) is 30.3 Å². The number of hydrogen-bond acceptors (Lipinski definition) is 6. The molecule has 3 aromatic rings. The van der Waals surface area contributed by atoms with Crippen LogP contribution in [0.1, 0.15) is 33.3 Å². The van der Waals surface area contributed by atoms with Gasteiger partial charge in [-0.25, -0.2) is 4.79 Å². The lowest BCUT2D eigenvalue weighted by atomic mass is 9.79. The first-order chi connectivity index (χ1) is 14.2. The minimum Gasteiger partial charge on any atom is -0.489 e. The summed E-state index contributed by atoms with van der Waals surface area (Å²) in [5, 5.41) is 7.69. The van der Waals surface area contributed by atoms with Gasteiger partial charge in [0.15, 0.2) is 0 Å². The van der Waals surface area contributed by atoms with Gasteiger partial charge in [0.25, 0.3) is 0 Å². The molecule has 30 heavy (non-hydrogen) atoms. The van der Waals surface area contributed by atoms with Crippen molar-refractivity contribution in [3.63, 3.8) is 0 Å². The lowest BCUT2D eigenvalue weighted by Crippen LogP contribution is -2.41. The van der Waals surface area contributed by atoms with Gasteiger partial charge in [-0.15, -0.1) is 0 Å². The Morgan fingerprint density at radius 1 is 0.967 bits per heavy atom. The topological polar surface area (TPSA) is 80.4 Å². The summed E-state index contributed by atoms with van der Waals surface area (Å²) in [5.41, 5.74) is 1.34. The maximum atomic E-state index is 12.2. The van der Waals surface area contributed by atoms with Crippen molar-refractivity contribution >= 4 is 12.6 Å². The molecule has 1 fully saturated rings. The molecule has 2 aromatic carbocycles. The van der Waals surface area contributed by atoms with E-state index in [4.69, 9.17) is 14.0 Å². The van der Waals surface area contributed by atoms with Crippen LogP contribution < -0.4 is 15.9 Å². The average molecular weight is 408 g/mol. The first-order valence-corrected chi connectivity index (χ1v) is 9.84. The van der Waals surface area contributed by atoms with Gasteiger partial charge in [0.2, 0.25) is 0 Å². The zero-order chi connectivity index (χ0) is 21.5. The highest BCUT2D eigenvalue weighted by molar-refractivity contribution is 6.62. The molecule has 0 amide bonds. The van der Waals surface area contributed by atoms with Crippen molar-refractivity contribution in [1.82, 2.24) is 19.8 Å². The first kappa shape index (κ1) is 20.4. The molecule has 0 saturated carbocycles. The van der Waals surface area contributed by atoms with Gasteiger partial charge in [-0.05, 0) is 61.8 Å². The highest BCUT2D eigenvalue weighted by atomic mass is 16.7. The van der Waals surface area contributed by atoms with E-state index in [2.05, 4.69) is 10.4 Å². The molecule has 156 valence electrons. The smallest absolute Gasteiger partial charge is 0.489 e. The first-order valence-electron chi connectivity index (χ1n) is 9.84. The van der Waals surface area contributed by atoms with Crippen LogP contribution in [0.15, 0.2) is 53.3 Å². The van der Waals surface area contributed by atoms with E-state index < -0.39 is 7.12 Å². The summed E-state index contributed by atoms with van der Waals surface area (Å²) in [6, 6.07) is 15.1. The van der Waals surface area contributed by atoms with E-state index in [1.807, 2.05) is 76.2 Å². The SMILES string of the molecule is Cn1nnn(-c2ccccc2COc2ccc(B3OC(C)(C)C(C)(C)O3)cc2)c1=O. The van der Waals surface area contributed by atoms with Crippen molar-refractivity contribution in [3.8, 4) is 11.4 Å². The number of aromatic nitrogens is 4. The molecule has 0 N–H and O–H groups in total. The van der Waals surface area contributed by atoms with Gasteiger partial charge in [-0.2, -0.15) is 9.36 Å². The molecule has 1 aliphatic rings. The lowest BCUT2D eigenvalue weighted by Gasteiger charge is -2.32. The molecule has 0 bridgehead atoms. The second-order valence-corrected chi connectivity index (χ2v) is 8.37. The third kappa shape index (κ3) is 3.66. The monoisotopic (exact) mass is 408 g/mol. The Labute approximate surface area is 175 Å². The fourth-order valence-electron chi connectivity index (χ4n) is 3.17. The number of nitrogens with zero attached hydrogens (tertiary/aromatic N) is 4. The summed E-state index contributed by atoms with van der Waals surface area (Å²) in [5.74, 6) is 0.705. The maximum Gasteiger partial charge on any atom is 0.494 e. The predicted octanol–water partition coefficient (Wildman–Crippen LogP) is 1.84. The lowest BCUT2D eigenvalue weighted by molar-refractivity contribution is 0.00578. The Morgan fingerprint density at radius 2 is 1.60 bits per heavy atom. The molecule has 8 nitrogen and oxygen atoms in total. The molecular formula is C21H25BN4O4. The van der Waals surface area contributed by atoms with Crippen LogP contribution in [0.25, 0.3) is 5.69 Å². The van der Waals surface area contributed by atoms with Gasteiger partial charge in [0, 0.05) is 12.6 Å². The second kappa shape index (κ2) is 7.41. The molecule has 0 aliphatic carbocycles. The van der Waals surface area contributed by atoms with E-state index in [1.165, 1.54) is 9.36 Å². The minimum absolute atomic E-state index is 0.287. The van der Waals surface area contributed by atoms with Gasteiger partial charge >= 0.3 is 12.8 Å². The Hall–Kier alpha value is -2.91. The molecule has 0 radical (unpaired) electrons. The number of tetrazole rings is 1. The zero-order valence-electron chi connectivity index (χ0n) is 17.8. The van der Waals surface area contributed by atoms with Crippen molar-refractivity contribution < 1.29 is 14.0 Å². The number of aryl methyl sites for hydroxylation is 1. The van der Waals surface area contributed by atoms with Gasteiger partial charge in [0.05, 0.1) is 16.9 Å². The summed E-state index contributed by atoms with van der Waals surface area (Å²) in [7, 11) is 1.15. The summed E-state index contributed by atoms with van der Waals surface area (Å²) < 4.78 is 20.6. The maximum absolute atomic E-state index is 12.2. The molecule has 1 aromatic heterocycles. The minimum atomic E-state index is -0.409. The van der Waals surface area contributed by atoms with Crippen LogP contribution in [-0.4, -0.2) is 38.1 Å².